The molecule has 0 bridgehead atoms. The molecule has 5 heteroatoms. The fourth-order valence-electron chi connectivity index (χ4n) is 3.24. The summed E-state index contributed by atoms with van der Waals surface area (Å²) in [6, 6.07) is 0. The summed E-state index contributed by atoms with van der Waals surface area (Å²) in [4.78, 5) is 23.8. The zero-order valence-electron chi connectivity index (χ0n) is 13.8. The lowest BCUT2D eigenvalue weighted by Gasteiger charge is -2.35. The van der Waals surface area contributed by atoms with Gasteiger partial charge in [0.2, 0.25) is 0 Å². The van der Waals surface area contributed by atoms with E-state index in [4.69, 9.17) is 4.74 Å². The van der Waals surface area contributed by atoms with Crippen LogP contribution in [0.15, 0.2) is 6.20 Å². The second-order valence-corrected chi connectivity index (χ2v) is 7.05. The monoisotopic (exact) mass is 303 g/mol. The maximum Gasteiger partial charge on any atom is 0.255 e. The fraction of sp³-hybridized carbons (Fsp3) is 0.706. The van der Waals surface area contributed by atoms with Crippen LogP contribution < -0.4 is 0 Å². The first-order valence-corrected chi connectivity index (χ1v) is 8.25. The van der Waals surface area contributed by atoms with Crippen LogP contribution in [0.25, 0.3) is 0 Å². The van der Waals surface area contributed by atoms with Crippen molar-refractivity contribution in [1.29, 1.82) is 0 Å². The fourth-order valence-corrected chi connectivity index (χ4v) is 3.24. The average molecular weight is 303 g/mol. The van der Waals surface area contributed by atoms with Crippen LogP contribution in [0, 0.1) is 5.92 Å². The van der Waals surface area contributed by atoms with Crippen LogP contribution in [-0.2, 0) is 29.0 Å². The van der Waals surface area contributed by atoms with Gasteiger partial charge < -0.3 is 9.64 Å². The smallest absolute Gasteiger partial charge is 0.255 e. The Kier molecular flexibility index (Phi) is 4.17. The molecule has 0 spiro atoms. The van der Waals surface area contributed by atoms with Gasteiger partial charge >= 0.3 is 0 Å². The van der Waals surface area contributed by atoms with Gasteiger partial charge in [0, 0.05) is 31.3 Å². The Morgan fingerprint density at radius 2 is 2.23 bits per heavy atom. The Morgan fingerprint density at radius 3 is 2.91 bits per heavy atom. The van der Waals surface area contributed by atoms with Crippen molar-refractivity contribution in [1.82, 2.24) is 14.9 Å². The molecule has 0 N–H and O–H groups in total. The minimum absolute atomic E-state index is 0.0932. The van der Waals surface area contributed by atoms with Gasteiger partial charge in [0.25, 0.3) is 5.91 Å². The van der Waals surface area contributed by atoms with Crippen LogP contribution >= 0.6 is 0 Å². The Balaban J connectivity index is 1.72. The topological polar surface area (TPSA) is 55.3 Å². The van der Waals surface area contributed by atoms with Gasteiger partial charge in [0.05, 0.1) is 12.2 Å². The van der Waals surface area contributed by atoms with Gasteiger partial charge in [-0.2, -0.15) is 0 Å². The molecule has 2 aliphatic heterocycles. The quantitative estimate of drug-likeness (QED) is 0.861. The summed E-state index contributed by atoms with van der Waals surface area (Å²) in [6.45, 7) is 8.12. The summed E-state index contributed by atoms with van der Waals surface area (Å²) >= 11 is 0. The lowest BCUT2D eigenvalue weighted by Crippen LogP contribution is -2.48. The lowest BCUT2D eigenvalue weighted by atomic mass is 9.94. The van der Waals surface area contributed by atoms with Crippen LogP contribution in [-0.4, -0.2) is 33.0 Å². The maximum absolute atomic E-state index is 12.8. The number of amides is 1. The van der Waals surface area contributed by atoms with Crippen LogP contribution in [0.3, 0.4) is 0 Å². The molecule has 0 saturated carbocycles. The minimum atomic E-state index is -0.658. The summed E-state index contributed by atoms with van der Waals surface area (Å²) in [7, 11) is 0. The van der Waals surface area contributed by atoms with Crippen molar-refractivity contribution in [2.75, 3.05) is 6.61 Å². The first-order valence-electron chi connectivity index (χ1n) is 8.25. The predicted octanol–water partition coefficient (Wildman–Crippen LogP) is 2.48. The van der Waals surface area contributed by atoms with Gasteiger partial charge in [-0.05, 0) is 32.1 Å². The number of hydrogen-bond donors (Lipinski definition) is 0. The first-order chi connectivity index (χ1) is 10.5. The Bertz CT molecular complexity index is 565. The third-order valence-electron chi connectivity index (χ3n) is 4.51. The zero-order chi connectivity index (χ0) is 15.7. The molecule has 1 saturated heterocycles. The van der Waals surface area contributed by atoms with E-state index in [2.05, 4.69) is 23.8 Å². The van der Waals surface area contributed by atoms with E-state index >= 15 is 0 Å². The van der Waals surface area contributed by atoms with Gasteiger partial charge in [-0.15, -0.1) is 0 Å². The number of carbonyl (C=O) groups excluding carboxylic acids is 1. The van der Waals surface area contributed by atoms with Crippen molar-refractivity contribution in [3.8, 4) is 0 Å². The Morgan fingerprint density at radius 1 is 1.41 bits per heavy atom. The molecule has 2 aliphatic rings. The first kappa shape index (κ1) is 15.4. The molecule has 22 heavy (non-hydrogen) atoms. The lowest BCUT2D eigenvalue weighted by molar-refractivity contribution is -0.162. The molecular weight excluding hydrogens is 278 g/mol. The van der Waals surface area contributed by atoms with Crippen molar-refractivity contribution in [3.05, 3.63) is 23.3 Å². The molecule has 0 aromatic carbocycles. The van der Waals surface area contributed by atoms with Crippen LogP contribution in [0.1, 0.15) is 57.1 Å². The second kappa shape index (κ2) is 5.95. The van der Waals surface area contributed by atoms with Crippen molar-refractivity contribution in [2.45, 2.75) is 65.1 Å². The van der Waals surface area contributed by atoms with E-state index in [9.17, 15) is 4.79 Å². The van der Waals surface area contributed by atoms with E-state index in [1.54, 1.807) is 0 Å². The van der Waals surface area contributed by atoms with E-state index < -0.39 is 5.60 Å². The summed E-state index contributed by atoms with van der Waals surface area (Å²) in [5.74, 6) is 1.51. The van der Waals surface area contributed by atoms with E-state index in [1.807, 2.05) is 18.0 Å². The number of fused-ring (bicyclic) bond motifs is 1. The van der Waals surface area contributed by atoms with Crippen molar-refractivity contribution >= 4 is 5.91 Å². The van der Waals surface area contributed by atoms with Gasteiger partial charge in [0.15, 0.2) is 0 Å². The van der Waals surface area contributed by atoms with Crippen LogP contribution in [0.5, 0.6) is 0 Å². The number of ether oxygens (including phenoxy) is 1. The van der Waals surface area contributed by atoms with Crippen molar-refractivity contribution in [2.24, 2.45) is 5.92 Å². The Hall–Kier alpha value is -1.49. The van der Waals surface area contributed by atoms with Crippen LogP contribution in [0.4, 0.5) is 0 Å². The molecule has 3 rings (SSSR count). The van der Waals surface area contributed by atoms with Crippen molar-refractivity contribution < 1.29 is 9.53 Å². The standard InChI is InChI=1S/C17H25N3O2/c1-12(2)8-15-18-9-13-10-20(11-14(13)19-15)16(21)17(3)6-4-5-7-22-17/h9,12H,4-8,10-11H2,1-3H3. The highest BCUT2D eigenvalue weighted by Crippen LogP contribution is 2.30. The highest BCUT2D eigenvalue weighted by molar-refractivity contribution is 5.85. The second-order valence-electron chi connectivity index (χ2n) is 7.05. The summed E-state index contributed by atoms with van der Waals surface area (Å²) in [6.07, 6.45) is 5.68. The molecule has 120 valence electrons. The van der Waals surface area contributed by atoms with Gasteiger partial charge in [-0.3, -0.25) is 4.79 Å². The SMILES string of the molecule is CC(C)Cc1ncc2c(n1)CN(C(=O)C1(C)CCCCO1)C2. The molecule has 0 radical (unpaired) electrons. The summed E-state index contributed by atoms with van der Waals surface area (Å²) < 4.78 is 5.79. The normalized spacial score (nSPS) is 24.6. The summed E-state index contributed by atoms with van der Waals surface area (Å²) in [5, 5.41) is 0. The number of aromatic nitrogens is 2. The zero-order valence-corrected chi connectivity index (χ0v) is 13.8. The highest BCUT2D eigenvalue weighted by atomic mass is 16.5. The molecule has 1 aromatic heterocycles. The number of carbonyl (C=O) groups is 1. The van der Waals surface area contributed by atoms with E-state index in [0.717, 1.165) is 42.8 Å². The van der Waals surface area contributed by atoms with Gasteiger partial charge in [-0.1, -0.05) is 13.8 Å². The molecule has 1 fully saturated rings. The van der Waals surface area contributed by atoms with Gasteiger partial charge in [-0.25, -0.2) is 9.97 Å². The minimum Gasteiger partial charge on any atom is -0.365 e. The average Bonchev–Trinajstić information content (AvgIpc) is 2.89. The molecule has 1 atom stereocenters. The Labute approximate surface area is 132 Å². The third-order valence-corrected chi connectivity index (χ3v) is 4.51. The number of nitrogens with zero attached hydrogens (tertiary/aromatic N) is 3. The molecule has 5 nitrogen and oxygen atoms in total. The van der Waals surface area contributed by atoms with Crippen LogP contribution in [0.2, 0.25) is 0 Å². The van der Waals surface area contributed by atoms with Gasteiger partial charge in [0.1, 0.15) is 11.4 Å². The molecule has 3 heterocycles. The molecule has 0 aliphatic carbocycles. The maximum atomic E-state index is 12.8. The summed E-state index contributed by atoms with van der Waals surface area (Å²) in [5.41, 5.74) is 1.41. The molecule has 1 aromatic rings. The third kappa shape index (κ3) is 3.00. The molecular formula is C17H25N3O2. The molecule has 1 unspecified atom stereocenters. The van der Waals surface area contributed by atoms with Crippen molar-refractivity contribution in [3.63, 3.8) is 0 Å². The number of rotatable bonds is 3. The highest BCUT2D eigenvalue weighted by Gasteiger charge is 2.41. The van der Waals surface area contributed by atoms with E-state index in [-0.39, 0.29) is 5.91 Å². The van der Waals surface area contributed by atoms with E-state index in [0.29, 0.717) is 25.6 Å². The number of hydrogen-bond acceptors (Lipinski definition) is 4. The van der Waals surface area contributed by atoms with E-state index in [1.165, 1.54) is 0 Å². The predicted molar refractivity (Wildman–Crippen MR) is 83.0 cm³/mol. The largest absolute Gasteiger partial charge is 0.365 e. The molecule has 1 amide bonds.